The van der Waals surface area contributed by atoms with Crippen molar-refractivity contribution in [3.63, 3.8) is 0 Å². The van der Waals surface area contributed by atoms with Gasteiger partial charge in [-0.15, -0.1) is 0 Å². The fraction of sp³-hybridized carbons (Fsp3) is 0.533. The van der Waals surface area contributed by atoms with Crippen LogP contribution in [-0.2, 0) is 11.3 Å². The Bertz CT molecular complexity index is 489. The maximum Gasteiger partial charge on any atom is 0.308 e. The number of hydrogen-bond acceptors (Lipinski definition) is 4. The van der Waals surface area contributed by atoms with Gasteiger partial charge in [-0.3, -0.25) is 9.69 Å². The Hall–Kier alpha value is -1.75. The standard InChI is InChI=1S/C15H21NO4/c1-10-7-16(9-12(10)15(17)18)8-11-4-5-13(19-2)14(6-11)20-3/h4-6,10,12H,7-9H2,1-3H3,(H,17,18). The summed E-state index contributed by atoms with van der Waals surface area (Å²) in [6.07, 6.45) is 0. The molecule has 1 N–H and O–H groups in total. The van der Waals surface area contributed by atoms with Crippen LogP contribution in [0.15, 0.2) is 18.2 Å². The molecule has 0 saturated carbocycles. The van der Waals surface area contributed by atoms with Gasteiger partial charge in [-0.05, 0) is 23.6 Å². The van der Waals surface area contributed by atoms with E-state index in [-0.39, 0.29) is 11.8 Å². The number of carboxylic acids is 1. The molecule has 1 fully saturated rings. The lowest BCUT2D eigenvalue weighted by Crippen LogP contribution is -2.23. The Kier molecular flexibility index (Phi) is 4.49. The summed E-state index contributed by atoms with van der Waals surface area (Å²) in [5, 5.41) is 9.15. The number of nitrogens with zero attached hydrogens (tertiary/aromatic N) is 1. The molecule has 20 heavy (non-hydrogen) atoms. The lowest BCUT2D eigenvalue weighted by Gasteiger charge is -2.16. The fourth-order valence-electron chi connectivity index (χ4n) is 2.75. The highest BCUT2D eigenvalue weighted by atomic mass is 16.5. The van der Waals surface area contributed by atoms with E-state index in [9.17, 15) is 4.79 Å². The molecule has 1 aliphatic rings. The minimum Gasteiger partial charge on any atom is -0.493 e. The monoisotopic (exact) mass is 279 g/mol. The third-order valence-electron chi connectivity index (χ3n) is 3.86. The SMILES string of the molecule is COc1ccc(CN2CC(C)C(C(=O)O)C2)cc1OC. The number of likely N-dealkylation sites (tertiary alicyclic amines) is 1. The lowest BCUT2D eigenvalue weighted by molar-refractivity contribution is -0.142. The Morgan fingerprint density at radius 1 is 1.30 bits per heavy atom. The topological polar surface area (TPSA) is 59.0 Å². The van der Waals surface area contributed by atoms with Gasteiger partial charge < -0.3 is 14.6 Å². The van der Waals surface area contributed by atoms with Crippen LogP contribution in [0.4, 0.5) is 0 Å². The first-order chi connectivity index (χ1) is 9.55. The zero-order valence-electron chi connectivity index (χ0n) is 12.1. The van der Waals surface area contributed by atoms with Crippen LogP contribution >= 0.6 is 0 Å². The van der Waals surface area contributed by atoms with Gasteiger partial charge in [0.15, 0.2) is 11.5 Å². The van der Waals surface area contributed by atoms with Gasteiger partial charge in [0.2, 0.25) is 0 Å². The van der Waals surface area contributed by atoms with E-state index < -0.39 is 5.97 Å². The van der Waals surface area contributed by atoms with Crippen molar-refractivity contribution in [3.8, 4) is 11.5 Å². The predicted octanol–water partition coefficient (Wildman–Crippen LogP) is 1.86. The molecule has 1 aliphatic heterocycles. The minimum absolute atomic E-state index is 0.188. The summed E-state index contributed by atoms with van der Waals surface area (Å²) in [6.45, 7) is 4.14. The molecule has 0 spiro atoms. The van der Waals surface area contributed by atoms with Gasteiger partial charge in [0.25, 0.3) is 0 Å². The van der Waals surface area contributed by atoms with Crippen molar-refractivity contribution >= 4 is 5.97 Å². The second kappa shape index (κ2) is 6.13. The average Bonchev–Trinajstić information content (AvgIpc) is 2.79. The van der Waals surface area contributed by atoms with Crippen molar-refractivity contribution in [2.75, 3.05) is 27.3 Å². The Morgan fingerprint density at radius 3 is 2.55 bits per heavy atom. The zero-order valence-corrected chi connectivity index (χ0v) is 12.1. The van der Waals surface area contributed by atoms with E-state index in [1.54, 1.807) is 14.2 Å². The molecule has 0 aromatic heterocycles. The van der Waals surface area contributed by atoms with Crippen molar-refractivity contribution in [1.82, 2.24) is 4.90 Å². The van der Waals surface area contributed by atoms with Gasteiger partial charge in [-0.2, -0.15) is 0 Å². The van der Waals surface area contributed by atoms with Crippen LogP contribution in [-0.4, -0.2) is 43.3 Å². The number of benzene rings is 1. The molecule has 1 heterocycles. The molecule has 0 radical (unpaired) electrons. The van der Waals surface area contributed by atoms with Crippen molar-refractivity contribution in [1.29, 1.82) is 0 Å². The summed E-state index contributed by atoms with van der Waals surface area (Å²) in [5.74, 6) is 0.622. The first-order valence-electron chi connectivity index (χ1n) is 6.71. The zero-order chi connectivity index (χ0) is 14.7. The molecule has 110 valence electrons. The molecule has 0 bridgehead atoms. The maximum absolute atomic E-state index is 11.1. The van der Waals surface area contributed by atoms with E-state index in [0.717, 1.165) is 18.7 Å². The van der Waals surface area contributed by atoms with Gasteiger partial charge in [0, 0.05) is 19.6 Å². The molecule has 1 aromatic carbocycles. The molecule has 2 rings (SSSR count). The number of carbonyl (C=O) groups is 1. The van der Waals surface area contributed by atoms with Gasteiger partial charge in [-0.25, -0.2) is 0 Å². The smallest absolute Gasteiger partial charge is 0.308 e. The molecule has 5 nitrogen and oxygen atoms in total. The van der Waals surface area contributed by atoms with E-state index in [4.69, 9.17) is 14.6 Å². The molecule has 1 aromatic rings. The average molecular weight is 279 g/mol. The largest absolute Gasteiger partial charge is 0.493 e. The predicted molar refractivity (Wildman–Crippen MR) is 75.1 cm³/mol. The number of rotatable bonds is 5. The molecule has 1 saturated heterocycles. The second-order valence-corrected chi connectivity index (χ2v) is 5.31. The Labute approximate surface area is 119 Å². The third kappa shape index (κ3) is 3.04. The van der Waals surface area contributed by atoms with Crippen LogP contribution in [0.5, 0.6) is 11.5 Å². The van der Waals surface area contributed by atoms with Gasteiger partial charge >= 0.3 is 5.97 Å². The van der Waals surface area contributed by atoms with Crippen LogP contribution < -0.4 is 9.47 Å². The first kappa shape index (κ1) is 14.7. The number of hydrogen-bond donors (Lipinski definition) is 1. The summed E-state index contributed by atoms with van der Waals surface area (Å²) < 4.78 is 10.5. The Balaban J connectivity index is 2.06. The highest BCUT2D eigenvalue weighted by molar-refractivity contribution is 5.71. The van der Waals surface area contributed by atoms with Crippen molar-refractivity contribution in [2.24, 2.45) is 11.8 Å². The normalized spacial score (nSPS) is 22.8. The van der Waals surface area contributed by atoms with Gasteiger partial charge in [-0.1, -0.05) is 13.0 Å². The van der Waals surface area contributed by atoms with Crippen LogP contribution in [0.1, 0.15) is 12.5 Å². The number of methoxy groups -OCH3 is 2. The van der Waals surface area contributed by atoms with E-state index in [2.05, 4.69) is 4.90 Å². The van der Waals surface area contributed by atoms with Gasteiger partial charge in [0.05, 0.1) is 20.1 Å². The molecular formula is C15H21NO4. The van der Waals surface area contributed by atoms with E-state index in [1.807, 2.05) is 25.1 Å². The molecule has 2 unspecified atom stereocenters. The highest BCUT2D eigenvalue weighted by Crippen LogP contribution is 2.30. The van der Waals surface area contributed by atoms with E-state index >= 15 is 0 Å². The summed E-state index contributed by atoms with van der Waals surface area (Å²) in [6, 6.07) is 5.81. The van der Waals surface area contributed by atoms with Crippen LogP contribution in [0.2, 0.25) is 0 Å². The molecule has 0 aliphatic carbocycles. The summed E-state index contributed by atoms with van der Waals surface area (Å²) in [5.41, 5.74) is 1.10. The summed E-state index contributed by atoms with van der Waals surface area (Å²) in [4.78, 5) is 13.3. The second-order valence-electron chi connectivity index (χ2n) is 5.31. The van der Waals surface area contributed by atoms with E-state index in [0.29, 0.717) is 18.0 Å². The van der Waals surface area contributed by atoms with E-state index in [1.165, 1.54) is 0 Å². The number of ether oxygens (including phenoxy) is 2. The number of carboxylic acid groups (broad SMARTS) is 1. The summed E-state index contributed by atoms with van der Waals surface area (Å²) >= 11 is 0. The highest BCUT2D eigenvalue weighted by Gasteiger charge is 2.34. The quantitative estimate of drug-likeness (QED) is 0.891. The maximum atomic E-state index is 11.1. The first-order valence-corrected chi connectivity index (χ1v) is 6.71. The van der Waals surface area contributed by atoms with Crippen LogP contribution in [0.25, 0.3) is 0 Å². The third-order valence-corrected chi connectivity index (χ3v) is 3.86. The van der Waals surface area contributed by atoms with Crippen molar-refractivity contribution < 1.29 is 19.4 Å². The van der Waals surface area contributed by atoms with Crippen molar-refractivity contribution in [2.45, 2.75) is 13.5 Å². The van der Waals surface area contributed by atoms with Crippen LogP contribution in [0, 0.1) is 11.8 Å². The minimum atomic E-state index is -0.702. The molecule has 0 amide bonds. The summed E-state index contributed by atoms with van der Waals surface area (Å²) in [7, 11) is 3.22. The van der Waals surface area contributed by atoms with Gasteiger partial charge in [0.1, 0.15) is 0 Å². The lowest BCUT2D eigenvalue weighted by atomic mass is 9.99. The van der Waals surface area contributed by atoms with Crippen LogP contribution in [0.3, 0.4) is 0 Å². The molecule has 5 heteroatoms. The Morgan fingerprint density at radius 2 is 2.00 bits per heavy atom. The van der Waals surface area contributed by atoms with Crippen molar-refractivity contribution in [3.05, 3.63) is 23.8 Å². The fourth-order valence-corrected chi connectivity index (χ4v) is 2.75. The molecule has 2 atom stereocenters. The molecular weight excluding hydrogens is 258 g/mol. The number of aliphatic carboxylic acids is 1.